The lowest BCUT2D eigenvalue weighted by molar-refractivity contribution is -0.122. The Morgan fingerprint density at radius 2 is 1.88 bits per heavy atom. The van der Waals surface area contributed by atoms with Crippen LogP contribution in [0.25, 0.3) is 0 Å². The molecule has 1 N–H and O–H groups in total. The van der Waals surface area contributed by atoms with E-state index in [-0.39, 0.29) is 11.8 Å². The topological polar surface area (TPSA) is 52.7 Å². The molecule has 0 atom stereocenters. The van der Waals surface area contributed by atoms with Gasteiger partial charge in [-0.25, -0.2) is 0 Å². The molecule has 2 heterocycles. The average Bonchev–Trinajstić information content (AvgIpc) is 3.14. The maximum atomic E-state index is 12.6. The standard InChI is InChI=1S/C18H19Cl2N3O2S/c19-13-3-4-15(16(20)10-13)18(25)23-7-5-22(6-8-23)12-17(24)21-11-14-2-1-9-26-14/h1-4,9-10H,5-8,11-12H2,(H,21,24). The molecular formula is C18H19Cl2N3O2S. The summed E-state index contributed by atoms with van der Waals surface area (Å²) in [6.45, 7) is 3.35. The molecule has 1 saturated heterocycles. The molecule has 26 heavy (non-hydrogen) atoms. The van der Waals surface area contributed by atoms with E-state index in [0.29, 0.717) is 54.9 Å². The highest BCUT2D eigenvalue weighted by Gasteiger charge is 2.24. The third kappa shape index (κ3) is 4.98. The van der Waals surface area contributed by atoms with Crippen molar-refractivity contribution in [2.24, 2.45) is 0 Å². The number of carbonyl (C=O) groups excluding carboxylic acids is 2. The Labute approximate surface area is 166 Å². The molecule has 0 bridgehead atoms. The van der Waals surface area contributed by atoms with E-state index in [2.05, 4.69) is 10.2 Å². The average molecular weight is 412 g/mol. The Bertz CT molecular complexity index is 775. The molecule has 0 aliphatic carbocycles. The molecule has 0 radical (unpaired) electrons. The van der Waals surface area contributed by atoms with Gasteiger partial charge in [0.05, 0.1) is 23.7 Å². The lowest BCUT2D eigenvalue weighted by atomic mass is 10.1. The number of hydrogen-bond donors (Lipinski definition) is 1. The molecule has 0 saturated carbocycles. The molecule has 1 aromatic carbocycles. The number of nitrogens with one attached hydrogen (secondary N) is 1. The van der Waals surface area contributed by atoms with Crippen LogP contribution in [-0.2, 0) is 11.3 Å². The Hall–Kier alpha value is -1.60. The second kappa shape index (κ2) is 8.86. The van der Waals surface area contributed by atoms with Crippen LogP contribution >= 0.6 is 34.5 Å². The first-order valence-corrected chi connectivity index (χ1v) is 9.92. The summed E-state index contributed by atoms with van der Waals surface area (Å²) < 4.78 is 0. The summed E-state index contributed by atoms with van der Waals surface area (Å²) in [6.07, 6.45) is 0. The molecule has 138 valence electrons. The van der Waals surface area contributed by atoms with Crippen molar-refractivity contribution in [3.05, 3.63) is 56.2 Å². The van der Waals surface area contributed by atoms with Crippen LogP contribution in [-0.4, -0.2) is 54.3 Å². The number of piperazine rings is 1. The Morgan fingerprint density at radius 1 is 1.12 bits per heavy atom. The fourth-order valence-electron chi connectivity index (χ4n) is 2.80. The molecule has 5 nitrogen and oxygen atoms in total. The Morgan fingerprint density at radius 3 is 2.54 bits per heavy atom. The largest absolute Gasteiger partial charge is 0.350 e. The fraction of sp³-hybridized carbons (Fsp3) is 0.333. The number of rotatable bonds is 5. The monoisotopic (exact) mass is 411 g/mol. The Kier molecular flexibility index (Phi) is 6.53. The minimum atomic E-state index is -0.103. The summed E-state index contributed by atoms with van der Waals surface area (Å²) in [5, 5.41) is 5.78. The number of hydrogen-bond acceptors (Lipinski definition) is 4. The molecule has 1 aliphatic rings. The van der Waals surface area contributed by atoms with Gasteiger partial charge < -0.3 is 10.2 Å². The van der Waals surface area contributed by atoms with E-state index in [9.17, 15) is 9.59 Å². The number of amides is 2. The lowest BCUT2D eigenvalue weighted by Crippen LogP contribution is -2.51. The van der Waals surface area contributed by atoms with Crippen LogP contribution in [0.4, 0.5) is 0 Å². The van der Waals surface area contributed by atoms with Crippen molar-refractivity contribution in [3.8, 4) is 0 Å². The number of thiophene rings is 1. The van der Waals surface area contributed by atoms with Crippen molar-refractivity contribution >= 4 is 46.4 Å². The van der Waals surface area contributed by atoms with Gasteiger partial charge in [-0.1, -0.05) is 29.3 Å². The number of halogens is 2. The van der Waals surface area contributed by atoms with Gasteiger partial charge in [-0.05, 0) is 29.6 Å². The van der Waals surface area contributed by atoms with Gasteiger partial charge in [0, 0.05) is 36.1 Å². The maximum Gasteiger partial charge on any atom is 0.255 e. The van der Waals surface area contributed by atoms with Crippen molar-refractivity contribution in [1.29, 1.82) is 0 Å². The molecule has 2 amide bonds. The second-order valence-electron chi connectivity index (χ2n) is 6.05. The van der Waals surface area contributed by atoms with Gasteiger partial charge in [-0.2, -0.15) is 0 Å². The van der Waals surface area contributed by atoms with Gasteiger partial charge in [0.2, 0.25) is 5.91 Å². The minimum absolute atomic E-state index is 0.000998. The van der Waals surface area contributed by atoms with Crippen LogP contribution in [0, 0.1) is 0 Å². The predicted molar refractivity (Wildman–Crippen MR) is 105 cm³/mol. The normalized spacial score (nSPS) is 15.1. The highest BCUT2D eigenvalue weighted by atomic mass is 35.5. The number of benzene rings is 1. The molecule has 3 rings (SSSR count). The van der Waals surface area contributed by atoms with Crippen LogP contribution < -0.4 is 5.32 Å². The van der Waals surface area contributed by atoms with Crippen LogP contribution in [0.5, 0.6) is 0 Å². The van der Waals surface area contributed by atoms with Gasteiger partial charge in [0.25, 0.3) is 5.91 Å². The molecule has 0 unspecified atom stereocenters. The summed E-state index contributed by atoms with van der Waals surface area (Å²) in [5.41, 5.74) is 0.457. The van der Waals surface area contributed by atoms with Crippen molar-refractivity contribution < 1.29 is 9.59 Å². The predicted octanol–water partition coefficient (Wildman–Crippen LogP) is 3.13. The van der Waals surface area contributed by atoms with Crippen molar-refractivity contribution in [2.45, 2.75) is 6.54 Å². The van der Waals surface area contributed by atoms with E-state index in [1.54, 1.807) is 34.4 Å². The van der Waals surface area contributed by atoms with Gasteiger partial charge in [0.15, 0.2) is 0 Å². The molecule has 1 aromatic heterocycles. The smallest absolute Gasteiger partial charge is 0.255 e. The first-order valence-electron chi connectivity index (χ1n) is 8.28. The molecule has 2 aromatic rings. The zero-order valence-electron chi connectivity index (χ0n) is 14.1. The van der Waals surface area contributed by atoms with Crippen LogP contribution in [0.1, 0.15) is 15.2 Å². The summed E-state index contributed by atoms with van der Waals surface area (Å²) >= 11 is 13.6. The fourth-order valence-corrected chi connectivity index (χ4v) is 3.93. The number of nitrogens with zero attached hydrogens (tertiary/aromatic N) is 2. The van der Waals surface area contributed by atoms with Gasteiger partial charge in [0.1, 0.15) is 0 Å². The quantitative estimate of drug-likeness (QED) is 0.821. The van der Waals surface area contributed by atoms with Gasteiger partial charge in [-0.3, -0.25) is 14.5 Å². The molecular weight excluding hydrogens is 393 g/mol. The minimum Gasteiger partial charge on any atom is -0.350 e. The SMILES string of the molecule is O=C(CN1CCN(C(=O)c2ccc(Cl)cc2Cl)CC1)NCc1cccs1. The van der Waals surface area contributed by atoms with Gasteiger partial charge in [-0.15, -0.1) is 11.3 Å². The molecule has 0 spiro atoms. The highest BCUT2D eigenvalue weighted by molar-refractivity contribution is 7.09. The third-order valence-corrected chi connectivity index (χ3v) is 5.65. The number of carbonyl (C=O) groups is 2. The van der Waals surface area contributed by atoms with E-state index in [1.807, 2.05) is 17.5 Å². The highest BCUT2D eigenvalue weighted by Crippen LogP contribution is 2.22. The van der Waals surface area contributed by atoms with Crippen molar-refractivity contribution in [1.82, 2.24) is 15.1 Å². The molecule has 8 heteroatoms. The Balaban J connectivity index is 1.46. The summed E-state index contributed by atoms with van der Waals surface area (Å²) in [5.74, 6) is -0.104. The first-order chi connectivity index (χ1) is 12.5. The molecule has 1 aliphatic heterocycles. The lowest BCUT2D eigenvalue weighted by Gasteiger charge is -2.34. The second-order valence-corrected chi connectivity index (χ2v) is 7.92. The summed E-state index contributed by atoms with van der Waals surface area (Å²) in [6, 6.07) is 8.85. The van der Waals surface area contributed by atoms with E-state index in [1.165, 1.54) is 0 Å². The van der Waals surface area contributed by atoms with Crippen molar-refractivity contribution in [2.75, 3.05) is 32.7 Å². The zero-order valence-corrected chi connectivity index (χ0v) is 16.4. The first kappa shape index (κ1) is 19.2. The summed E-state index contributed by atoms with van der Waals surface area (Å²) in [7, 11) is 0. The van der Waals surface area contributed by atoms with Crippen LogP contribution in [0.15, 0.2) is 35.7 Å². The summed E-state index contributed by atoms with van der Waals surface area (Å²) in [4.78, 5) is 29.6. The van der Waals surface area contributed by atoms with E-state index in [4.69, 9.17) is 23.2 Å². The van der Waals surface area contributed by atoms with Crippen molar-refractivity contribution in [3.63, 3.8) is 0 Å². The van der Waals surface area contributed by atoms with Crippen LogP contribution in [0.2, 0.25) is 10.0 Å². The van der Waals surface area contributed by atoms with Crippen LogP contribution in [0.3, 0.4) is 0 Å². The van der Waals surface area contributed by atoms with E-state index >= 15 is 0 Å². The zero-order chi connectivity index (χ0) is 18.5. The third-order valence-electron chi connectivity index (χ3n) is 4.23. The maximum absolute atomic E-state index is 12.6. The van der Waals surface area contributed by atoms with E-state index in [0.717, 1.165) is 4.88 Å². The van der Waals surface area contributed by atoms with E-state index < -0.39 is 0 Å². The molecule has 1 fully saturated rings. The van der Waals surface area contributed by atoms with Gasteiger partial charge >= 0.3 is 0 Å².